The Hall–Kier alpha value is -1.18. The molecule has 0 spiro atoms. The Balaban J connectivity index is 1.30. The van der Waals surface area contributed by atoms with Gasteiger partial charge in [-0.1, -0.05) is 76.5 Å². The van der Waals surface area contributed by atoms with E-state index in [-0.39, 0.29) is 0 Å². The molecular formula is C27H40F2. The predicted octanol–water partition coefficient (Wildman–Crippen LogP) is 8.95. The number of rotatable bonds is 9. The van der Waals surface area contributed by atoms with Gasteiger partial charge in [-0.3, -0.25) is 0 Å². The monoisotopic (exact) mass is 402 g/mol. The Labute approximate surface area is 177 Å². The second-order valence-electron chi connectivity index (χ2n) is 9.71. The molecule has 2 saturated carbocycles. The third kappa shape index (κ3) is 7.23. The maximum absolute atomic E-state index is 13.3. The average molecular weight is 403 g/mol. The predicted molar refractivity (Wildman–Crippen MR) is 120 cm³/mol. The molecule has 2 aliphatic rings. The molecule has 29 heavy (non-hydrogen) atoms. The summed E-state index contributed by atoms with van der Waals surface area (Å²) >= 11 is 0. The molecule has 0 N–H and O–H groups in total. The van der Waals surface area contributed by atoms with Gasteiger partial charge in [-0.15, -0.1) is 0 Å². The standard InChI is InChI=1S/C27H40F2/c1-2-3-4-7-21-10-15-24(16-11-21)25-17-12-22(13-18-25)8-5-6-9-23-14-19-26(28)27(29)20-23/h6,9,14,19-22,24-25H,2-5,7-8,10-13,15-18H2,1H3/b9-6-. The third-order valence-corrected chi connectivity index (χ3v) is 7.66. The number of benzene rings is 1. The topological polar surface area (TPSA) is 0 Å². The lowest BCUT2D eigenvalue weighted by molar-refractivity contribution is 0.140. The summed E-state index contributed by atoms with van der Waals surface area (Å²) in [6, 6.07) is 4.11. The van der Waals surface area contributed by atoms with Crippen LogP contribution in [-0.2, 0) is 0 Å². The zero-order valence-electron chi connectivity index (χ0n) is 18.4. The molecule has 0 aromatic heterocycles. The molecule has 2 aliphatic carbocycles. The van der Waals surface area contributed by atoms with Gasteiger partial charge in [0, 0.05) is 0 Å². The van der Waals surface area contributed by atoms with E-state index in [1.54, 1.807) is 6.07 Å². The van der Waals surface area contributed by atoms with E-state index < -0.39 is 11.6 Å². The summed E-state index contributed by atoms with van der Waals surface area (Å²) in [5, 5.41) is 0. The second-order valence-corrected chi connectivity index (χ2v) is 9.71. The molecule has 0 saturated heterocycles. The fourth-order valence-electron chi connectivity index (χ4n) is 5.75. The molecule has 0 unspecified atom stereocenters. The minimum atomic E-state index is -0.774. The van der Waals surface area contributed by atoms with Crippen LogP contribution >= 0.6 is 0 Å². The van der Waals surface area contributed by atoms with E-state index >= 15 is 0 Å². The van der Waals surface area contributed by atoms with Crippen LogP contribution in [0.15, 0.2) is 24.3 Å². The van der Waals surface area contributed by atoms with E-state index in [2.05, 4.69) is 13.0 Å². The molecule has 2 fully saturated rings. The summed E-state index contributed by atoms with van der Waals surface area (Å²) in [6.07, 6.45) is 23.6. The molecule has 162 valence electrons. The smallest absolute Gasteiger partial charge is 0.159 e. The van der Waals surface area contributed by atoms with Crippen molar-refractivity contribution in [3.63, 3.8) is 0 Å². The zero-order valence-corrected chi connectivity index (χ0v) is 18.4. The summed E-state index contributed by atoms with van der Waals surface area (Å²) in [4.78, 5) is 0. The maximum Gasteiger partial charge on any atom is 0.159 e. The normalized spacial score (nSPS) is 28.1. The van der Waals surface area contributed by atoms with Crippen molar-refractivity contribution in [1.82, 2.24) is 0 Å². The van der Waals surface area contributed by atoms with Gasteiger partial charge in [0.25, 0.3) is 0 Å². The molecule has 1 aromatic carbocycles. The van der Waals surface area contributed by atoms with Crippen molar-refractivity contribution in [2.24, 2.45) is 23.7 Å². The van der Waals surface area contributed by atoms with Gasteiger partial charge in [0.15, 0.2) is 11.6 Å². The van der Waals surface area contributed by atoms with Crippen molar-refractivity contribution in [2.45, 2.75) is 96.8 Å². The van der Waals surface area contributed by atoms with Gasteiger partial charge in [-0.25, -0.2) is 8.78 Å². The molecule has 0 bridgehead atoms. The Morgan fingerprint density at radius 2 is 1.41 bits per heavy atom. The summed E-state index contributed by atoms with van der Waals surface area (Å²) in [5.41, 5.74) is 0.748. The maximum atomic E-state index is 13.3. The molecule has 1 aromatic rings. The average Bonchev–Trinajstić information content (AvgIpc) is 2.75. The molecule has 2 heteroatoms. The first-order valence-electron chi connectivity index (χ1n) is 12.3. The van der Waals surface area contributed by atoms with Gasteiger partial charge in [-0.2, -0.15) is 0 Å². The van der Waals surface area contributed by atoms with Crippen LogP contribution in [0.5, 0.6) is 0 Å². The van der Waals surface area contributed by atoms with Gasteiger partial charge < -0.3 is 0 Å². The number of hydrogen-bond acceptors (Lipinski definition) is 0. The van der Waals surface area contributed by atoms with Crippen LogP contribution in [0.4, 0.5) is 8.78 Å². The van der Waals surface area contributed by atoms with Gasteiger partial charge in [0.05, 0.1) is 0 Å². The molecule has 0 nitrogen and oxygen atoms in total. The molecule has 3 rings (SSSR count). The lowest BCUT2D eigenvalue weighted by Gasteiger charge is -2.38. The van der Waals surface area contributed by atoms with Crippen molar-refractivity contribution in [3.05, 3.63) is 41.5 Å². The molecule has 0 heterocycles. The van der Waals surface area contributed by atoms with Gasteiger partial charge >= 0.3 is 0 Å². The van der Waals surface area contributed by atoms with Crippen molar-refractivity contribution < 1.29 is 8.78 Å². The first kappa shape index (κ1) is 22.5. The fourth-order valence-corrected chi connectivity index (χ4v) is 5.75. The van der Waals surface area contributed by atoms with Crippen molar-refractivity contribution in [1.29, 1.82) is 0 Å². The Bertz CT molecular complexity index is 619. The van der Waals surface area contributed by atoms with Crippen LogP contribution < -0.4 is 0 Å². The van der Waals surface area contributed by atoms with Crippen molar-refractivity contribution >= 4 is 6.08 Å². The number of unbranched alkanes of at least 4 members (excludes halogenated alkanes) is 2. The molecular weight excluding hydrogens is 362 g/mol. The third-order valence-electron chi connectivity index (χ3n) is 7.66. The van der Waals surface area contributed by atoms with E-state index in [0.717, 1.165) is 35.7 Å². The summed E-state index contributed by atoms with van der Waals surface area (Å²) < 4.78 is 26.2. The second kappa shape index (κ2) is 11.9. The SMILES string of the molecule is CCCCCC1CCC(C2CCC(CC/C=C\c3ccc(F)c(F)c3)CC2)CC1. The molecule has 0 amide bonds. The lowest BCUT2D eigenvalue weighted by atomic mass is 9.68. The van der Waals surface area contributed by atoms with Crippen LogP contribution in [-0.4, -0.2) is 0 Å². The number of hydrogen-bond donors (Lipinski definition) is 0. The van der Waals surface area contributed by atoms with Crippen LogP contribution in [0, 0.1) is 35.3 Å². The highest BCUT2D eigenvalue weighted by Crippen LogP contribution is 2.43. The number of allylic oxidation sites excluding steroid dienone is 1. The van der Waals surface area contributed by atoms with Crippen LogP contribution in [0.3, 0.4) is 0 Å². The highest BCUT2D eigenvalue weighted by atomic mass is 19.2. The van der Waals surface area contributed by atoms with Gasteiger partial charge in [0.2, 0.25) is 0 Å². The first-order valence-corrected chi connectivity index (χ1v) is 12.3. The van der Waals surface area contributed by atoms with E-state index in [9.17, 15) is 8.78 Å². The summed E-state index contributed by atoms with van der Waals surface area (Å²) in [7, 11) is 0. The van der Waals surface area contributed by atoms with E-state index in [1.165, 1.54) is 95.6 Å². The van der Waals surface area contributed by atoms with Crippen LogP contribution in [0.1, 0.15) is 102 Å². The van der Waals surface area contributed by atoms with Crippen molar-refractivity contribution in [2.75, 3.05) is 0 Å². The molecule has 0 atom stereocenters. The first-order chi connectivity index (χ1) is 14.2. The minimum absolute atomic E-state index is 0.748. The summed E-state index contributed by atoms with van der Waals surface area (Å²) in [6.45, 7) is 2.30. The van der Waals surface area contributed by atoms with Crippen LogP contribution in [0.2, 0.25) is 0 Å². The Morgan fingerprint density at radius 3 is 2.00 bits per heavy atom. The Morgan fingerprint density at radius 1 is 0.793 bits per heavy atom. The van der Waals surface area contributed by atoms with E-state index in [1.807, 2.05) is 6.08 Å². The minimum Gasteiger partial charge on any atom is -0.204 e. The Kier molecular flexibility index (Phi) is 9.21. The number of halogens is 2. The zero-order chi connectivity index (χ0) is 20.5. The largest absolute Gasteiger partial charge is 0.204 e. The quantitative estimate of drug-likeness (QED) is 0.362. The molecule has 0 aliphatic heterocycles. The van der Waals surface area contributed by atoms with E-state index in [0.29, 0.717) is 0 Å². The molecule has 0 radical (unpaired) electrons. The van der Waals surface area contributed by atoms with Gasteiger partial charge in [-0.05, 0) is 79.9 Å². The fraction of sp³-hybridized carbons (Fsp3) is 0.704. The van der Waals surface area contributed by atoms with Crippen LogP contribution in [0.25, 0.3) is 6.08 Å². The lowest BCUT2D eigenvalue weighted by Crippen LogP contribution is -2.25. The summed E-state index contributed by atoms with van der Waals surface area (Å²) in [5.74, 6) is 2.33. The van der Waals surface area contributed by atoms with Gasteiger partial charge in [0.1, 0.15) is 0 Å². The van der Waals surface area contributed by atoms with E-state index in [4.69, 9.17) is 0 Å². The van der Waals surface area contributed by atoms with Crippen molar-refractivity contribution in [3.8, 4) is 0 Å². The highest BCUT2D eigenvalue weighted by molar-refractivity contribution is 5.48. The highest BCUT2D eigenvalue weighted by Gasteiger charge is 2.30.